The predicted molar refractivity (Wildman–Crippen MR) is 94.3 cm³/mol. The molecule has 3 rings (SSSR count). The third-order valence-corrected chi connectivity index (χ3v) is 2.68. The molecule has 3 aromatic carbocycles. The molecule has 4 N–H and O–H groups in total. The molecule has 0 aliphatic carbocycles. The summed E-state index contributed by atoms with van der Waals surface area (Å²) >= 11 is 0. The van der Waals surface area contributed by atoms with Gasteiger partial charge in [-0.3, -0.25) is 0 Å². The van der Waals surface area contributed by atoms with Gasteiger partial charge in [0.05, 0.1) is 0 Å². The number of anilines is 1. The Morgan fingerprint density at radius 2 is 0.818 bits per heavy atom. The van der Waals surface area contributed by atoms with Gasteiger partial charge in [0.15, 0.2) is 0 Å². The molecule has 0 aliphatic heterocycles. The van der Waals surface area contributed by atoms with E-state index in [4.69, 9.17) is 15.8 Å². The maximum absolute atomic E-state index is 7.12. The van der Waals surface area contributed by atoms with Crippen molar-refractivity contribution in [3.8, 4) is 11.1 Å². The molecule has 0 radical (unpaired) electrons. The van der Waals surface area contributed by atoms with Crippen molar-refractivity contribution in [2.24, 2.45) is 0 Å². The SMILES string of the molecule is Nc1ccccc1.OBO.c1ccc(-c2ccccc2)cc1. The maximum Gasteiger partial charge on any atom is 0.432 e. The zero-order valence-corrected chi connectivity index (χ0v) is 12.3. The minimum Gasteiger partial charge on any atom is -0.430 e. The summed E-state index contributed by atoms with van der Waals surface area (Å²) in [6.07, 6.45) is 0. The van der Waals surface area contributed by atoms with Crippen LogP contribution in [-0.2, 0) is 0 Å². The molecule has 0 aliphatic rings. The number of nitrogens with two attached hydrogens (primary N) is 1. The first kappa shape index (κ1) is 17.5. The number of nitrogen functional groups attached to an aromatic ring is 1. The third-order valence-electron chi connectivity index (χ3n) is 2.68. The smallest absolute Gasteiger partial charge is 0.430 e. The Balaban J connectivity index is 0.000000206. The first-order chi connectivity index (χ1) is 10.8. The highest BCUT2D eigenvalue weighted by Gasteiger charge is 1.91. The van der Waals surface area contributed by atoms with Gasteiger partial charge < -0.3 is 15.8 Å². The lowest BCUT2D eigenvalue weighted by molar-refractivity contribution is 0.448. The summed E-state index contributed by atoms with van der Waals surface area (Å²) in [4.78, 5) is 0. The van der Waals surface area contributed by atoms with Crippen molar-refractivity contribution in [2.75, 3.05) is 5.73 Å². The summed E-state index contributed by atoms with van der Waals surface area (Å²) in [7, 11) is -0.750. The first-order valence-electron chi connectivity index (χ1n) is 6.90. The first-order valence-corrected chi connectivity index (χ1v) is 6.90. The Morgan fingerprint density at radius 1 is 0.545 bits per heavy atom. The number of rotatable bonds is 1. The molecule has 0 saturated heterocycles. The molecule has 0 bridgehead atoms. The average Bonchev–Trinajstić information content (AvgIpc) is 2.59. The van der Waals surface area contributed by atoms with Crippen LogP contribution < -0.4 is 5.73 Å². The molecule has 0 atom stereocenters. The third kappa shape index (κ3) is 7.29. The highest BCUT2D eigenvalue weighted by Crippen LogP contribution is 2.17. The van der Waals surface area contributed by atoms with Gasteiger partial charge in [-0.25, -0.2) is 0 Å². The fraction of sp³-hybridized carbons (Fsp3) is 0. The summed E-state index contributed by atoms with van der Waals surface area (Å²) in [5, 5.41) is 14.2. The van der Waals surface area contributed by atoms with Gasteiger partial charge in [-0.2, -0.15) is 0 Å². The molecule has 0 saturated carbocycles. The minimum atomic E-state index is -0.750. The number of benzene rings is 3. The van der Waals surface area contributed by atoms with E-state index >= 15 is 0 Å². The molecule has 3 aromatic rings. The standard InChI is InChI=1S/C12H10.C6H7N.BH3O2/c1-3-7-11(8-4-1)12-9-5-2-6-10-12;7-6-4-2-1-3-5-6;2-1-3/h1-10H;1-5H,7H2;1-3H. The molecule has 22 heavy (non-hydrogen) atoms. The Kier molecular flexibility index (Phi) is 8.86. The van der Waals surface area contributed by atoms with Crippen molar-refractivity contribution >= 4 is 13.4 Å². The second-order valence-electron chi connectivity index (χ2n) is 4.28. The van der Waals surface area contributed by atoms with Gasteiger partial charge >= 0.3 is 7.69 Å². The quantitative estimate of drug-likeness (QED) is 0.477. The van der Waals surface area contributed by atoms with Gasteiger partial charge in [0.2, 0.25) is 0 Å². The van der Waals surface area contributed by atoms with Crippen LogP contribution in [0.25, 0.3) is 11.1 Å². The largest absolute Gasteiger partial charge is 0.432 e. The summed E-state index contributed by atoms with van der Waals surface area (Å²) < 4.78 is 0. The van der Waals surface area contributed by atoms with Crippen molar-refractivity contribution < 1.29 is 10.0 Å². The maximum atomic E-state index is 7.12. The second kappa shape index (κ2) is 11.1. The zero-order valence-electron chi connectivity index (χ0n) is 12.3. The zero-order chi connectivity index (χ0) is 16.0. The number of para-hydroxylation sites is 1. The molecule has 0 heterocycles. The van der Waals surface area contributed by atoms with Crippen LogP contribution in [-0.4, -0.2) is 17.7 Å². The number of hydrogen-bond donors (Lipinski definition) is 3. The van der Waals surface area contributed by atoms with Gasteiger partial charge in [0, 0.05) is 5.69 Å². The lowest BCUT2D eigenvalue weighted by atomic mass is 10.1. The summed E-state index contributed by atoms with van der Waals surface area (Å²) in [6, 6.07) is 30.3. The van der Waals surface area contributed by atoms with Gasteiger partial charge in [-0.1, -0.05) is 78.9 Å². The van der Waals surface area contributed by atoms with Gasteiger partial charge in [0.1, 0.15) is 0 Å². The molecular weight excluding hydrogens is 273 g/mol. The van der Waals surface area contributed by atoms with Gasteiger partial charge in [-0.05, 0) is 23.3 Å². The minimum absolute atomic E-state index is 0.750. The van der Waals surface area contributed by atoms with E-state index in [1.165, 1.54) is 11.1 Å². The summed E-state index contributed by atoms with van der Waals surface area (Å²) in [6.45, 7) is 0. The molecule has 0 amide bonds. The van der Waals surface area contributed by atoms with Crippen molar-refractivity contribution in [3.05, 3.63) is 91.0 Å². The van der Waals surface area contributed by atoms with E-state index in [-0.39, 0.29) is 0 Å². The highest BCUT2D eigenvalue weighted by molar-refractivity contribution is 6.13. The van der Waals surface area contributed by atoms with Crippen LogP contribution in [0.2, 0.25) is 0 Å². The molecule has 112 valence electrons. The van der Waals surface area contributed by atoms with Crippen LogP contribution in [0.3, 0.4) is 0 Å². The molecular formula is C18H20BNO2. The van der Waals surface area contributed by atoms with Crippen molar-refractivity contribution in [3.63, 3.8) is 0 Å². The van der Waals surface area contributed by atoms with E-state index in [9.17, 15) is 0 Å². The lowest BCUT2D eigenvalue weighted by Crippen LogP contribution is -1.79. The van der Waals surface area contributed by atoms with Crippen LogP contribution in [0, 0.1) is 0 Å². The van der Waals surface area contributed by atoms with Crippen molar-refractivity contribution in [1.29, 1.82) is 0 Å². The monoisotopic (exact) mass is 293 g/mol. The van der Waals surface area contributed by atoms with Crippen molar-refractivity contribution in [2.45, 2.75) is 0 Å². The lowest BCUT2D eigenvalue weighted by Gasteiger charge is -1.98. The van der Waals surface area contributed by atoms with Crippen LogP contribution in [0.5, 0.6) is 0 Å². The molecule has 4 heteroatoms. The second-order valence-corrected chi connectivity index (χ2v) is 4.28. The molecule has 0 fully saturated rings. The predicted octanol–water partition coefficient (Wildman–Crippen LogP) is 2.86. The van der Waals surface area contributed by atoms with E-state index in [2.05, 4.69) is 48.5 Å². The summed E-state index contributed by atoms with van der Waals surface area (Å²) in [5.41, 5.74) is 8.73. The Bertz CT molecular complexity index is 566. The van der Waals surface area contributed by atoms with Gasteiger partial charge in [0.25, 0.3) is 0 Å². The fourth-order valence-electron chi connectivity index (χ4n) is 1.71. The fourth-order valence-corrected chi connectivity index (χ4v) is 1.71. The molecule has 0 unspecified atom stereocenters. The Hall–Kier alpha value is -2.56. The van der Waals surface area contributed by atoms with E-state index in [1.54, 1.807) is 0 Å². The highest BCUT2D eigenvalue weighted by atomic mass is 16.4. The molecule has 3 nitrogen and oxygen atoms in total. The van der Waals surface area contributed by atoms with E-state index in [1.807, 2.05) is 42.5 Å². The van der Waals surface area contributed by atoms with Crippen molar-refractivity contribution in [1.82, 2.24) is 0 Å². The average molecular weight is 293 g/mol. The van der Waals surface area contributed by atoms with E-state index in [0.717, 1.165) is 5.69 Å². The summed E-state index contributed by atoms with van der Waals surface area (Å²) in [5.74, 6) is 0. The number of hydrogen-bond acceptors (Lipinski definition) is 3. The van der Waals surface area contributed by atoms with Crippen LogP contribution in [0.15, 0.2) is 91.0 Å². The van der Waals surface area contributed by atoms with E-state index < -0.39 is 7.69 Å². The van der Waals surface area contributed by atoms with Crippen LogP contribution in [0.1, 0.15) is 0 Å². The van der Waals surface area contributed by atoms with Gasteiger partial charge in [-0.15, -0.1) is 0 Å². The van der Waals surface area contributed by atoms with E-state index in [0.29, 0.717) is 0 Å². The normalized spacial score (nSPS) is 8.64. The molecule has 0 spiro atoms. The topological polar surface area (TPSA) is 66.5 Å². The van der Waals surface area contributed by atoms with Crippen LogP contribution >= 0.6 is 0 Å². The molecule has 0 aromatic heterocycles. The van der Waals surface area contributed by atoms with Crippen LogP contribution in [0.4, 0.5) is 5.69 Å². The Morgan fingerprint density at radius 3 is 1.05 bits per heavy atom. The Labute approximate surface area is 132 Å².